The van der Waals surface area contributed by atoms with Gasteiger partial charge in [-0.2, -0.15) is 4.98 Å². The molecule has 2 aromatic heterocycles. The third-order valence-corrected chi connectivity index (χ3v) is 6.69. The Labute approximate surface area is 214 Å². The van der Waals surface area contributed by atoms with Gasteiger partial charge in [0.1, 0.15) is 5.75 Å². The van der Waals surface area contributed by atoms with E-state index in [0.717, 1.165) is 37.4 Å². The van der Waals surface area contributed by atoms with Crippen molar-refractivity contribution in [3.8, 4) is 5.75 Å². The highest BCUT2D eigenvalue weighted by Crippen LogP contribution is 2.17. The molecule has 0 aliphatic heterocycles. The lowest BCUT2D eigenvalue weighted by Crippen LogP contribution is -2.43. The van der Waals surface area contributed by atoms with E-state index in [1.165, 1.54) is 4.57 Å². The van der Waals surface area contributed by atoms with Crippen LogP contribution >= 0.6 is 11.8 Å². The molecule has 4 rings (SSSR count). The molecule has 0 saturated carbocycles. The van der Waals surface area contributed by atoms with Crippen molar-refractivity contribution < 1.29 is 4.74 Å². The molecule has 2 heterocycles. The van der Waals surface area contributed by atoms with Crippen LogP contribution in [0.15, 0.2) is 75.3 Å². The normalized spacial score (nSPS) is 10.9. The maximum Gasteiger partial charge on any atom is 0.355 e. The van der Waals surface area contributed by atoms with E-state index in [4.69, 9.17) is 4.74 Å². The van der Waals surface area contributed by atoms with Crippen LogP contribution in [0.1, 0.15) is 27.9 Å². The van der Waals surface area contributed by atoms with Gasteiger partial charge in [0.2, 0.25) is 5.95 Å². The van der Waals surface area contributed by atoms with Crippen molar-refractivity contribution in [1.29, 1.82) is 0 Å². The number of ether oxygens (including phenoxy) is 1. The summed E-state index contributed by atoms with van der Waals surface area (Å²) in [5, 5.41) is 3.20. The van der Waals surface area contributed by atoms with Crippen LogP contribution in [0, 0.1) is 13.8 Å². The number of aryl methyl sites for hydroxylation is 2. The molecule has 0 aliphatic carbocycles. The van der Waals surface area contributed by atoms with Crippen LogP contribution in [0.4, 0.5) is 5.95 Å². The molecule has 4 aromatic rings. The fraction of sp³-hybridized carbons (Fsp3) is 0.259. The Hall–Kier alpha value is -3.85. The largest absolute Gasteiger partial charge is 0.497 e. The molecule has 9 heteroatoms. The van der Waals surface area contributed by atoms with Gasteiger partial charge in [-0.1, -0.05) is 24.3 Å². The average molecular weight is 504 g/mol. The first kappa shape index (κ1) is 25.2. The molecule has 0 spiro atoms. The molecular formula is C27H29N5O3S. The van der Waals surface area contributed by atoms with Gasteiger partial charge in [-0.25, -0.2) is 14.2 Å². The Kier molecular flexibility index (Phi) is 7.90. The smallest absolute Gasteiger partial charge is 0.355 e. The summed E-state index contributed by atoms with van der Waals surface area (Å²) in [5.41, 5.74) is 3.67. The van der Waals surface area contributed by atoms with Gasteiger partial charge in [0.15, 0.2) is 0 Å². The Morgan fingerprint density at radius 2 is 1.58 bits per heavy atom. The van der Waals surface area contributed by atoms with Crippen molar-refractivity contribution >= 4 is 17.7 Å². The summed E-state index contributed by atoms with van der Waals surface area (Å²) in [4.78, 5) is 36.3. The van der Waals surface area contributed by atoms with Crippen molar-refractivity contribution in [1.82, 2.24) is 19.1 Å². The van der Waals surface area contributed by atoms with E-state index >= 15 is 0 Å². The Balaban J connectivity index is 1.71. The van der Waals surface area contributed by atoms with Gasteiger partial charge >= 0.3 is 11.4 Å². The minimum atomic E-state index is -0.606. The molecule has 0 radical (unpaired) electrons. The monoisotopic (exact) mass is 503 g/mol. The predicted octanol–water partition coefficient (Wildman–Crippen LogP) is 3.86. The van der Waals surface area contributed by atoms with E-state index in [9.17, 15) is 9.59 Å². The number of thioether (sulfide) groups is 1. The van der Waals surface area contributed by atoms with Crippen molar-refractivity contribution in [2.45, 2.75) is 38.4 Å². The molecular weight excluding hydrogens is 474 g/mol. The SMILES string of the molecule is COc1ccc(Cn2c(=O)nc(NCc3cnc(C)cc3C)n(Cc3ccc(SC)cc3)c2=O)cc1. The number of benzene rings is 2. The van der Waals surface area contributed by atoms with E-state index in [1.807, 2.05) is 62.6 Å². The number of nitrogens with one attached hydrogen (secondary N) is 1. The number of aromatic nitrogens is 4. The molecule has 0 fully saturated rings. The molecule has 0 aliphatic rings. The third-order valence-electron chi connectivity index (χ3n) is 5.94. The van der Waals surface area contributed by atoms with Crippen molar-refractivity contribution in [2.24, 2.45) is 0 Å². The zero-order valence-corrected chi connectivity index (χ0v) is 21.6. The Morgan fingerprint density at radius 3 is 2.19 bits per heavy atom. The average Bonchev–Trinajstić information content (AvgIpc) is 2.88. The lowest BCUT2D eigenvalue weighted by Gasteiger charge is -2.16. The highest BCUT2D eigenvalue weighted by molar-refractivity contribution is 7.98. The molecule has 2 aromatic carbocycles. The highest BCUT2D eigenvalue weighted by Gasteiger charge is 2.15. The molecule has 0 bridgehead atoms. The highest BCUT2D eigenvalue weighted by atomic mass is 32.2. The second kappa shape index (κ2) is 11.3. The fourth-order valence-corrected chi connectivity index (χ4v) is 4.26. The minimum absolute atomic E-state index is 0.112. The molecule has 0 saturated heterocycles. The van der Waals surface area contributed by atoms with Crippen LogP contribution in [-0.2, 0) is 19.6 Å². The van der Waals surface area contributed by atoms with Gasteiger partial charge in [0, 0.05) is 23.3 Å². The van der Waals surface area contributed by atoms with Crippen LogP contribution < -0.4 is 21.4 Å². The maximum atomic E-state index is 13.6. The van der Waals surface area contributed by atoms with Crippen molar-refractivity contribution in [3.63, 3.8) is 0 Å². The zero-order valence-electron chi connectivity index (χ0n) is 20.8. The Bertz CT molecular complexity index is 1460. The van der Waals surface area contributed by atoms with Crippen LogP contribution in [0.3, 0.4) is 0 Å². The number of hydrogen-bond acceptors (Lipinski definition) is 7. The summed E-state index contributed by atoms with van der Waals surface area (Å²) in [6, 6.07) is 17.2. The van der Waals surface area contributed by atoms with Gasteiger partial charge in [-0.15, -0.1) is 11.8 Å². The first-order valence-electron chi connectivity index (χ1n) is 11.5. The number of methoxy groups -OCH3 is 1. The van der Waals surface area contributed by atoms with Gasteiger partial charge in [-0.05, 0) is 72.7 Å². The van der Waals surface area contributed by atoms with Gasteiger partial charge in [-0.3, -0.25) is 9.55 Å². The molecule has 0 unspecified atom stereocenters. The summed E-state index contributed by atoms with van der Waals surface area (Å²) in [5.74, 6) is 0.931. The van der Waals surface area contributed by atoms with Crippen molar-refractivity contribution in [3.05, 3.63) is 110 Å². The standard InChI is InChI=1S/C27H29N5O3S/c1-18-13-19(2)28-14-22(18)15-29-25-30-26(33)32(17-20-5-9-23(35-3)10-6-20)27(34)31(25)16-21-7-11-24(36-4)12-8-21/h5-14H,15-17H2,1-4H3,(H,29,30,33). The van der Waals surface area contributed by atoms with E-state index in [1.54, 1.807) is 37.2 Å². The predicted molar refractivity (Wildman–Crippen MR) is 143 cm³/mol. The number of pyridine rings is 1. The lowest BCUT2D eigenvalue weighted by molar-refractivity contribution is 0.414. The summed E-state index contributed by atoms with van der Waals surface area (Å²) in [6.07, 6.45) is 3.81. The number of anilines is 1. The minimum Gasteiger partial charge on any atom is -0.497 e. The second-order valence-electron chi connectivity index (χ2n) is 8.47. The third kappa shape index (κ3) is 5.85. The zero-order chi connectivity index (χ0) is 25.7. The van der Waals surface area contributed by atoms with Gasteiger partial charge in [0.25, 0.3) is 0 Å². The molecule has 0 atom stereocenters. The number of rotatable bonds is 9. The Morgan fingerprint density at radius 1 is 0.944 bits per heavy atom. The molecule has 36 heavy (non-hydrogen) atoms. The first-order valence-corrected chi connectivity index (χ1v) is 12.7. The summed E-state index contributed by atoms with van der Waals surface area (Å²) in [7, 11) is 1.59. The molecule has 186 valence electrons. The molecule has 0 amide bonds. The van der Waals surface area contributed by atoms with Crippen LogP contribution in [0.5, 0.6) is 5.75 Å². The first-order chi connectivity index (χ1) is 17.4. The van der Waals surface area contributed by atoms with Gasteiger partial charge in [0.05, 0.1) is 20.2 Å². The van der Waals surface area contributed by atoms with Crippen molar-refractivity contribution in [2.75, 3.05) is 18.7 Å². The number of nitrogens with zero attached hydrogens (tertiary/aromatic N) is 4. The van der Waals surface area contributed by atoms with Gasteiger partial charge < -0.3 is 10.1 Å². The molecule has 8 nitrogen and oxygen atoms in total. The number of hydrogen-bond donors (Lipinski definition) is 1. The van der Waals surface area contributed by atoms with E-state index in [0.29, 0.717) is 12.3 Å². The van der Waals surface area contributed by atoms with E-state index < -0.39 is 11.4 Å². The second-order valence-corrected chi connectivity index (χ2v) is 9.35. The summed E-state index contributed by atoms with van der Waals surface area (Å²) in [6.45, 7) is 4.72. The van der Waals surface area contributed by atoms with Crippen LogP contribution in [0.25, 0.3) is 0 Å². The van der Waals surface area contributed by atoms with Crippen LogP contribution in [-0.4, -0.2) is 32.5 Å². The summed E-state index contributed by atoms with van der Waals surface area (Å²) >= 11 is 1.65. The van der Waals surface area contributed by atoms with E-state index in [-0.39, 0.29) is 19.0 Å². The van der Waals surface area contributed by atoms with Crippen LogP contribution in [0.2, 0.25) is 0 Å². The summed E-state index contributed by atoms with van der Waals surface area (Å²) < 4.78 is 7.87. The lowest BCUT2D eigenvalue weighted by atomic mass is 10.1. The fourth-order valence-electron chi connectivity index (χ4n) is 3.85. The maximum absolute atomic E-state index is 13.6. The quantitative estimate of drug-likeness (QED) is 0.347. The van der Waals surface area contributed by atoms with E-state index in [2.05, 4.69) is 15.3 Å². The molecule has 1 N–H and O–H groups in total. The topological polar surface area (TPSA) is 91.0 Å².